The zero-order valence-corrected chi connectivity index (χ0v) is 12.1. The Hall–Kier alpha value is -2.00. The number of carbonyl (C=O) groups is 1. The van der Waals surface area contributed by atoms with Gasteiger partial charge in [0.25, 0.3) is 0 Å². The van der Waals surface area contributed by atoms with Gasteiger partial charge in [-0.25, -0.2) is 4.79 Å². The lowest BCUT2D eigenvalue weighted by molar-refractivity contribution is 0.0729. The Bertz CT molecular complexity index is 606. The van der Waals surface area contributed by atoms with Crippen molar-refractivity contribution >= 4 is 17.6 Å². The summed E-state index contributed by atoms with van der Waals surface area (Å²) in [5, 5.41) is 0.575. The standard InChI is InChI=1S/C16H15ClO3/c1-3-11-4-9-14(15(10-11)19-2)20-16(18)12-5-7-13(17)8-6-12/h4-10H,3H2,1-2H3. The van der Waals surface area contributed by atoms with Gasteiger partial charge in [-0.3, -0.25) is 0 Å². The molecule has 20 heavy (non-hydrogen) atoms. The van der Waals surface area contributed by atoms with Crippen LogP contribution in [0.3, 0.4) is 0 Å². The van der Waals surface area contributed by atoms with Crippen LogP contribution in [0.25, 0.3) is 0 Å². The van der Waals surface area contributed by atoms with Gasteiger partial charge in [-0.05, 0) is 48.4 Å². The Morgan fingerprint density at radius 3 is 2.40 bits per heavy atom. The molecule has 0 aliphatic carbocycles. The van der Waals surface area contributed by atoms with E-state index in [-0.39, 0.29) is 0 Å². The Morgan fingerprint density at radius 2 is 1.80 bits per heavy atom. The van der Waals surface area contributed by atoms with E-state index in [2.05, 4.69) is 0 Å². The maximum absolute atomic E-state index is 12.0. The van der Waals surface area contributed by atoms with Crippen LogP contribution in [0.1, 0.15) is 22.8 Å². The highest BCUT2D eigenvalue weighted by molar-refractivity contribution is 6.30. The van der Waals surface area contributed by atoms with Crippen LogP contribution in [0.2, 0.25) is 5.02 Å². The summed E-state index contributed by atoms with van der Waals surface area (Å²) in [5.41, 5.74) is 1.56. The van der Waals surface area contributed by atoms with Crippen molar-refractivity contribution < 1.29 is 14.3 Å². The average molecular weight is 291 g/mol. The highest BCUT2D eigenvalue weighted by atomic mass is 35.5. The predicted octanol–water partition coefficient (Wildman–Crippen LogP) is 4.13. The molecule has 0 radical (unpaired) electrons. The topological polar surface area (TPSA) is 35.5 Å². The van der Waals surface area contributed by atoms with E-state index in [0.29, 0.717) is 22.1 Å². The van der Waals surface area contributed by atoms with Crippen molar-refractivity contribution in [3.05, 3.63) is 58.6 Å². The van der Waals surface area contributed by atoms with Crippen molar-refractivity contribution in [2.75, 3.05) is 7.11 Å². The van der Waals surface area contributed by atoms with E-state index in [0.717, 1.165) is 12.0 Å². The van der Waals surface area contributed by atoms with Crippen molar-refractivity contribution in [2.24, 2.45) is 0 Å². The van der Waals surface area contributed by atoms with Crippen LogP contribution in [-0.2, 0) is 6.42 Å². The number of methoxy groups -OCH3 is 1. The molecule has 0 saturated heterocycles. The van der Waals surface area contributed by atoms with Crippen molar-refractivity contribution in [1.29, 1.82) is 0 Å². The van der Waals surface area contributed by atoms with Crippen LogP contribution in [-0.4, -0.2) is 13.1 Å². The first-order valence-corrected chi connectivity index (χ1v) is 6.66. The minimum Gasteiger partial charge on any atom is -0.493 e. The summed E-state index contributed by atoms with van der Waals surface area (Å²) < 4.78 is 10.6. The van der Waals surface area contributed by atoms with Crippen molar-refractivity contribution in [3.63, 3.8) is 0 Å². The maximum atomic E-state index is 12.0. The maximum Gasteiger partial charge on any atom is 0.343 e. The molecule has 0 heterocycles. The highest BCUT2D eigenvalue weighted by Gasteiger charge is 2.12. The molecular weight excluding hydrogens is 276 g/mol. The van der Waals surface area contributed by atoms with Crippen LogP contribution < -0.4 is 9.47 Å². The zero-order valence-electron chi connectivity index (χ0n) is 11.4. The minimum atomic E-state index is -0.441. The molecule has 0 aliphatic rings. The number of aryl methyl sites for hydroxylation is 1. The summed E-state index contributed by atoms with van der Waals surface area (Å²) in [6.45, 7) is 2.05. The van der Waals surface area contributed by atoms with Crippen molar-refractivity contribution in [2.45, 2.75) is 13.3 Å². The molecule has 2 aromatic rings. The SMILES string of the molecule is CCc1ccc(OC(=O)c2ccc(Cl)cc2)c(OC)c1. The lowest BCUT2D eigenvalue weighted by Crippen LogP contribution is -2.09. The molecule has 0 saturated carbocycles. The van der Waals surface area contributed by atoms with Gasteiger partial charge in [-0.1, -0.05) is 24.6 Å². The molecular formula is C16H15ClO3. The van der Waals surface area contributed by atoms with Gasteiger partial charge in [-0.2, -0.15) is 0 Å². The predicted molar refractivity (Wildman–Crippen MR) is 78.8 cm³/mol. The molecule has 104 valence electrons. The fourth-order valence-corrected chi connectivity index (χ4v) is 1.89. The summed E-state index contributed by atoms with van der Waals surface area (Å²) in [5.74, 6) is 0.514. The fourth-order valence-electron chi connectivity index (χ4n) is 1.76. The van der Waals surface area contributed by atoms with Gasteiger partial charge in [0.1, 0.15) is 0 Å². The van der Waals surface area contributed by atoms with Crippen LogP contribution in [0, 0.1) is 0 Å². The van der Waals surface area contributed by atoms with E-state index in [1.807, 2.05) is 19.1 Å². The Balaban J connectivity index is 2.21. The van der Waals surface area contributed by atoms with Crippen molar-refractivity contribution in [1.82, 2.24) is 0 Å². The quantitative estimate of drug-likeness (QED) is 0.627. The van der Waals surface area contributed by atoms with E-state index in [9.17, 15) is 4.79 Å². The third-order valence-corrected chi connectivity index (χ3v) is 3.17. The van der Waals surface area contributed by atoms with Crippen LogP contribution >= 0.6 is 11.6 Å². The number of carbonyl (C=O) groups excluding carboxylic acids is 1. The first-order valence-electron chi connectivity index (χ1n) is 6.28. The zero-order chi connectivity index (χ0) is 14.5. The molecule has 0 spiro atoms. The molecule has 2 rings (SSSR count). The molecule has 0 bridgehead atoms. The first kappa shape index (κ1) is 14.4. The number of esters is 1. The third kappa shape index (κ3) is 3.31. The fraction of sp³-hybridized carbons (Fsp3) is 0.188. The smallest absolute Gasteiger partial charge is 0.343 e. The molecule has 2 aromatic carbocycles. The monoisotopic (exact) mass is 290 g/mol. The number of rotatable bonds is 4. The molecule has 0 atom stereocenters. The number of benzene rings is 2. The number of ether oxygens (including phenoxy) is 2. The van der Waals surface area contributed by atoms with E-state index >= 15 is 0 Å². The largest absolute Gasteiger partial charge is 0.493 e. The molecule has 3 nitrogen and oxygen atoms in total. The lowest BCUT2D eigenvalue weighted by atomic mass is 10.1. The molecule has 0 amide bonds. The Labute approximate surface area is 123 Å². The van der Waals surface area contributed by atoms with Gasteiger partial charge in [0.15, 0.2) is 11.5 Å². The van der Waals surface area contributed by atoms with Gasteiger partial charge >= 0.3 is 5.97 Å². The van der Waals surface area contributed by atoms with Crippen LogP contribution in [0.15, 0.2) is 42.5 Å². The summed E-state index contributed by atoms with van der Waals surface area (Å²) in [7, 11) is 1.55. The van der Waals surface area contributed by atoms with E-state index in [4.69, 9.17) is 21.1 Å². The average Bonchev–Trinajstić information content (AvgIpc) is 2.48. The van der Waals surface area contributed by atoms with Crippen molar-refractivity contribution in [3.8, 4) is 11.5 Å². The summed E-state index contributed by atoms with van der Waals surface area (Å²) in [6, 6.07) is 12.1. The Morgan fingerprint density at radius 1 is 1.10 bits per heavy atom. The van der Waals surface area contributed by atoms with Gasteiger partial charge < -0.3 is 9.47 Å². The first-order chi connectivity index (χ1) is 9.63. The molecule has 0 unspecified atom stereocenters. The van der Waals surface area contributed by atoms with Gasteiger partial charge in [0.05, 0.1) is 12.7 Å². The van der Waals surface area contributed by atoms with Gasteiger partial charge in [0, 0.05) is 5.02 Å². The second-order valence-electron chi connectivity index (χ2n) is 4.24. The van der Waals surface area contributed by atoms with Gasteiger partial charge in [-0.15, -0.1) is 0 Å². The van der Waals surface area contributed by atoms with Crippen LogP contribution in [0.4, 0.5) is 0 Å². The lowest BCUT2D eigenvalue weighted by Gasteiger charge is -2.10. The highest BCUT2D eigenvalue weighted by Crippen LogP contribution is 2.29. The van der Waals surface area contributed by atoms with Crippen LogP contribution in [0.5, 0.6) is 11.5 Å². The second kappa shape index (κ2) is 6.44. The normalized spacial score (nSPS) is 10.2. The number of hydrogen-bond acceptors (Lipinski definition) is 3. The molecule has 0 aromatic heterocycles. The summed E-state index contributed by atoms with van der Waals surface area (Å²) in [4.78, 5) is 12.0. The molecule has 0 aliphatic heterocycles. The number of hydrogen-bond donors (Lipinski definition) is 0. The summed E-state index contributed by atoms with van der Waals surface area (Å²) in [6.07, 6.45) is 0.891. The summed E-state index contributed by atoms with van der Waals surface area (Å²) >= 11 is 5.79. The minimum absolute atomic E-state index is 0.407. The van der Waals surface area contributed by atoms with E-state index in [1.165, 1.54) is 0 Å². The number of halogens is 1. The van der Waals surface area contributed by atoms with E-state index < -0.39 is 5.97 Å². The third-order valence-electron chi connectivity index (χ3n) is 2.92. The van der Waals surface area contributed by atoms with E-state index in [1.54, 1.807) is 37.4 Å². The molecule has 0 fully saturated rings. The Kier molecular flexibility index (Phi) is 4.64. The molecule has 4 heteroatoms. The second-order valence-corrected chi connectivity index (χ2v) is 4.67. The van der Waals surface area contributed by atoms with Gasteiger partial charge in [0.2, 0.25) is 0 Å². The molecule has 0 N–H and O–H groups in total.